The van der Waals surface area contributed by atoms with E-state index in [9.17, 15) is 9.59 Å². The molecule has 0 rings (SSSR count). The van der Waals surface area contributed by atoms with E-state index in [1.54, 1.807) is 21.6 Å². The van der Waals surface area contributed by atoms with E-state index in [4.69, 9.17) is 9.47 Å². The van der Waals surface area contributed by atoms with Gasteiger partial charge >= 0.3 is 11.9 Å². The van der Waals surface area contributed by atoms with Crippen LogP contribution in [0.3, 0.4) is 0 Å². The zero-order valence-electron chi connectivity index (χ0n) is 30.5. The van der Waals surface area contributed by atoms with Crippen molar-refractivity contribution in [1.82, 2.24) is 9.80 Å². The highest BCUT2D eigenvalue weighted by atomic mass is 33.5. The molecule has 0 aliphatic carbocycles. The predicted molar refractivity (Wildman–Crippen MR) is 221 cm³/mol. The highest BCUT2D eigenvalue weighted by molar-refractivity contribution is 9.09. The Labute approximate surface area is 314 Å². The van der Waals surface area contributed by atoms with Crippen molar-refractivity contribution in [3.8, 4) is 0 Å². The zero-order chi connectivity index (χ0) is 34.5. The van der Waals surface area contributed by atoms with Gasteiger partial charge in [-0.1, -0.05) is 147 Å². The van der Waals surface area contributed by atoms with Crippen LogP contribution in [0.4, 0.5) is 0 Å². The lowest BCUT2D eigenvalue weighted by atomic mass is 10.1. The van der Waals surface area contributed by atoms with Crippen LogP contribution in [-0.2, 0) is 19.1 Å². The minimum Gasteiger partial charge on any atom is -0.465 e. The first-order valence-corrected chi connectivity index (χ1v) is 26.1. The van der Waals surface area contributed by atoms with Crippen LogP contribution in [0.1, 0.15) is 136 Å². The van der Waals surface area contributed by atoms with Crippen LogP contribution in [0.2, 0.25) is 0 Å². The van der Waals surface area contributed by atoms with Gasteiger partial charge in [0, 0.05) is 36.1 Å². The average Bonchev–Trinajstić information content (AvgIpc) is 3.06. The number of hydrogen-bond donors (Lipinski definition) is 0. The van der Waals surface area contributed by atoms with Gasteiger partial charge in [0.2, 0.25) is 0 Å². The SMILES string of the molecule is CCCCCCCCCCSSSCCOC(=O)CCN(C)CCCN(C)CCC(=O)OCCSSSCCCCCCCCCC. The molecule has 0 saturated carbocycles. The van der Waals surface area contributed by atoms with Gasteiger partial charge < -0.3 is 19.3 Å². The molecule has 47 heavy (non-hydrogen) atoms. The molecular weight excluding hydrogens is 705 g/mol. The molecule has 0 bridgehead atoms. The van der Waals surface area contributed by atoms with Crippen molar-refractivity contribution in [3.63, 3.8) is 0 Å². The Kier molecular flexibility index (Phi) is 40.6. The molecule has 280 valence electrons. The number of hydrogen-bond acceptors (Lipinski definition) is 12. The standard InChI is InChI=1S/C35H70N2O4S6/c1-5-7-9-11-13-15-17-19-30-42-46-44-32-28-40-34(38)22-26-36(3)24-21-25-37(4)27-23-35(39)41-29-33-45-47-43-31-20-18-16-14-12-10-8-6-2/h5-33H2,1-4H3. The molecule has 0 amide bonds. The Balaban J connectivity index is 3.46. The summed E-state index contributed by atoms with van der Waals surface area (Å²) in [5, 5.41) is 0. The molecular formula is C35H70N2O4S6. The highest BCUT2D eigenvalue weighted by Gasteiger charge is 2.09. The Bertz CT molecular complexity index is 630. The lowest BCUT2D eigenvalue weighted by Gasteiger charge is -2.20. The smallest absolute Gasteiger partial charge is 0.307 e. The number of carbonyl (C=O) groups excluding carboxylic acids is 2. The summed E-state index contributed by atoms with van der Waals surface area (Å²) in [6.07, 6.45) is 23.7. The third kappa shape index (κ3) is 39.6. The summed E-state index contributed by atoms with van der Waals surface area (Å²) in [7, 11) is 15.2. The molecule has 0 atom stereocenters. The number of ether oxygens (including phenoxy) is 2. The molecule has 0 fully saturated rings. The van der Waals surface area contributed by atoms with Gasteiger partial charge in [0.25, 0.3) is 0 Å². The quantitative estimate of drug-likeness (QED) is 0.0341. The Morgan fingerprint density at radius 2 is 0.787 bits per heavy atom. The van der Waals surface area contributed by atoms with Gasteiger partial charge in [-0.2, -0.15) is 0 Å². The largest absolute Gasteiger partial charge is 0.465 e. The number of unbranched alkanes of at least 4 members (excludes halogenated alkanes) is 14. The second-order valence-corrected chi connectivity index (χ2v) is 21.2. The van der Waals surface area contributed by atoms with E-state index in [0.29, 0.717) is 39.1 Å². The van der Waals surface area contributed by atoms with Crippen LogP contribution in [0.15, 0.2) is 0 Å². The molecule has 0 N–H and O–H groups in total. The van der Waals surface area contributed by atoms with Gasteiger partial charge in [-0.3, -0.25) is 9.59 Å². The maximum atomic E-state index is 12.1. The Morgan fingerprint density at radius 3 is 1.17 bits per heavy atom. The summed E-state index contributed by atoms with van der Waals surface area (Å²) in [5.74, 6) is 3.87. The predicted octanol–water partition coefficient (Wildman–Crippen LogP) is 11.4. The van der Waals surface area contributed by atoms with Crippen molar-refractivity contribution in [2.75, 3.05) is 76.5 Å². The Morgan fingerprint density at radius 1 is 0.447 bits per heavy atom. The van der Waals surface area contributed by atoms with Crippen LogP contribution in [0.25, 0.3) is 0 Å². The lowest BCUT2D eigenvalue weighted by Crippen LogP contribution is -2.29. The van der Waals surface area contributed by atoms with Gasteiger partial charge in [-0.15, -0.1) is 0 Å². The molecule has 0 radical (unpaired) electrons. The number of rotatable bonds is 38. The molecule has 0 aliphatic heterocycles. The summed E-state index contributed by atoms with van der Waals surface area (Å²) < 4.78 is 10.8. The summed E-state index contributed by atoms with van der Waals surface area (Å²) in [5.41, 5.74) is 0. The Hall–Kier alpha value is 0.960. The molecule has 0 aromatic rings. The van der Waals surface area contributed by atoms with E-state index >= 15 is 0 Å². The fourth-order valence-electron chi connectivity index (χ4n) is 4.72. The fourth-order valence-corrected chi connectivity index (χ4v) is 12.1. The van der Waals surface area contributed by atoms with Crippen molar-refractivity contribution in [2.24, 2.45) is 0 Å². The molecule has 0 unspecified atom stereocenters. The van der Waals surface area contributed by atoms with Crippen LogP contribution in [0.5, 0.6) is 0 Å². The van der Waals surface area contributed by atoms with Crippen LogP contribution < -0.4 is 0 Å². The third-order valence-corrected chi connectivity index (χ3v) is 16.3. The minimum absolute atomic E-state index is 0.112. The lowest BCUT2D eigenvalue weighted by molar-refractivity contribution is -0.144. The second kappa shape index (κ2) is 39.7. The monoisotopic (exact) mass is 774 g/mol. The van der Waals surface area contributed by atoms with Crippen molar-refractivity contribution in [2.45, 2.75) is 136 Å². The van der Waals surface area contributed by atoms with E-state index in [1.165, 1.54) is 114 Å². The first-order chi connectivity index (χ1) is 23.0. The normalized spacial score (nSPS) is 11.5. The summed E-state index contributed by atoms with van der Waals surface area (Å²) >= 11 is 0. The fraction of sp³-hybridized carbons (Fsp3) is 0.943. The number of nitrogens with zero attached hydrogens (tertiary/aromatic N) is 2. The van der Waals surface area contributed by atoms with Crippen molar-refractivity contribution in [3.05, 3.63) is 0 Å². The summed E-state index contributed by atoms with van der Waals surface area (Å²) in [4.78, 5) is 28.5. The van der Waals surface area contributed by atoms with Crippen molar-refractivity contribution >= 4 is 74.8 Å². The minimum atomic E-state index is -0.112. The van der Waals surface area contributed by atoms with Crippen LogP contribution in [0, 0.1) is 0 Å². The molecule has 0 heterocycles. The third-order valence-electron chi connectivity index (χ3n) is 7.69. The van der Waals surface area contributed by atoms with Gasteiger partial charge in [-0.05, 0) is 66.1 Å². The molecule has 0 spiro atoms. The topological polar surface area (TPSA) is 59.1 Å². The molecule has 0 aromatic heterocycles. The van der Waals surface area contributed by atoms with E-state index in [0.717, 1.165) is 31.0 Å². The molecule has 0 aromatic carbocycles. The first-order valence-electron chi connectivity index (χ1n) is 18.5. The zero-order valence-corrected chi connectivity index (χ0v) is 35.4. The number of esters is 2. The van der Waals surface area contributed by atoms with Gasteiger partial charge in [0.1, 0.15) is 13.2 Å². The summed E-state index contributed by atoms with van der Waals surface area (Å²) in [6, 6.07) is 0. The number of carbonyl (C=O) groups is 2. The maximum Gasteiger partial charge on any atom is 0.307 e. The second-order valence-electron chi connectivity index (χ2n) is 12.3. The van der Waals surface area contributed by atoms with Gasteiger partial charge in [0.05, 0.1) is 12.8 Å². The highest BCUT2D eigenvalue weighted by Crippen LogP contribution is 2.35. The average molecular weight is 775 g/mol. The van der Waals surface area contributed by atoms with Crippen LogP contribution in [-0.4, -0.2) is 98.2 Å². The molecule has 12 heteroatoms. The van der Waals surface area contributed by atoms with Crippen molar-refractivity contribution in [1.29, 1.82) is 0 Å². The van der Waals surface area contributed by atoms with Gasteiger partial charge in [0.15, 0.2) is 0 Å². The van der Waals surface area contributed by atoms with Crippen LogP contribution >= 0.6 is 62.8 Å². The maximum absolute atomic E-state index is 12.1. The molecule has 0 aliphatic rings. The molecule has 6 nitrogen and oxygen atoms in total. The van der Waals surface area contributed by atoms with E-state index in [1.807, 2.05) is 55.3 Å². The summed E-state index contributed by atoms with van der Waals surface area (Å²) in [6.45, 7) is 8.75. The van der Waals surface area contributed by atoms with E-state index < -0.39 is 0 Å². The van der Waals surface area contributed by atoms with Gasteiger partial charge in [-0.25, -0.2) is 0 Å². The van der Waals surface area contributed by atoms with E-state index in [2.05, 4.69) is 23.6 Å². The van der Waals surface area contributed by atoms with Crippen molar-refractivity contribution < 1.29 is 19.1 Å². The van der Waals surface area contributed by atoms with E-state index in [-0.39, 0.29) is 11.9 Å². The first kappa shape index (κ1) is 48.0. The molecule has 0 saturated heterocycles.